The lowest BCUT2D eigenvalue weighted by atomic mass is 10.1. The predicted molar refractivity (Wildman–Crippen MR) is 123 cm³/mol. The SMILES string of the molecule is O=C(NC1CCCOc2c1nn(-c1ccccc1Cl)c2-c1ccc(Cl)cc1)c1ccn[nH]1. The molecule has 0 bridgehead atoms. The smallest absolute Gasteiger partial charge is 0.269 e. The molecule has 1 unspecified atom stereocenters. The van der Waals surface area contributed by atoms with E-state index in [4.69, 9.17) is 33.0 Å². The average molecular weight is 468 g/mol. The van der Waals surface area contributed by atoms with Crippen molar-refractivity contribution in [3.63, 3.8) is 0 Å². The summed E-state index contributed by atoms with van der Waals surface area (Å²) in [5.41, 5.74) is 3.39. The number of amides is 1. The van der Waals surface area contributed by atoms with Gasteiger partial charge in [-0.25, -0.2) is 4.68 Å². The van der Waals surface area contributed by atoms with Gasteiger partial charge in [0, 0.05) is 16.8 Å². The number of nitrogens with zero attached hydrogens (tertiary/aromatic N) is 3. The first-order valence-corrected chi connectivity index (χ1v) is 10.9. The van der Waals surface area contributed by atoms with E-state index in [1.165, 1.54) is 0 Å². The third-order valence-corrected chi connectivity index (χ3v) is 5.90. The molecule has 2 N–H and O–H groups in total. The van der Waals surface area contributed by atoms with E-state index in [1.54, 1.807) is 16.9 Å². The van der Waals surface area contributed by atoms with E-state index < -0.39 is 0 Å². The number of aromatic amines is 1. The van der Waals surface area contributed by atoms with E-state index in [0.717, 1.165) is 23.4 Å². The van der Waals surface area contributed by atoms with E-state index in [9.17, 15) is 4.79 Å². The largest absolute Gasteiger partial charge is 0.489 e. The zero-order chi connectivity index (χ0) is 22.1. The molecule has 4 aromatic rings. The maximum Gasteiger partial charge on any atom is 0.269 e. The summed E-state index contributed by atoms with van der Waals surface area (Å²) in [6.07, 6.45) is 3.00. The van der Waals surface area contributed by atoms with Crippen molar-refractivity contribution in [2.45, 2.75) is 18.9 Å². The number of nitrogens with one attached hydrogen (secondary N) is 2. The number of carbonyl (C=O) groups is 1. The van der Waals surface area contributed by atoms with E-state index in [2.05, 4.69) is 15.5 Å². The van der Waals surface area contributed by atoms with Gasteiger partial charge in [-0.1, -0.05) is 47.5 Å². The molecule has 0 fully saturated rings. The first kappa shape index (κ1) is 20.6. The monoisotopic (exact) mass is 467 g/mol. The van der Waals surface area contributed by atoms with Crippen LogP contribution in [0, 0.1) is 0 Å². The molecule has 9 heteroatoms. The van der Waals surface area contributed by atoms with Crippen LogP contribution in [0.5, 0.6) is 5.75 Å². The van der Waals surface area contributed by atoms with E-state index >= 15 is 0 Å². The summed E-state index contributed by atoms with van der Waals surface area (Å²) in [4.78, 5) is 12.7. The molecule has 1 aliphatic rings. The Bertz CT molecular complexity index is 1250. The number of hydrogen-bond donors (Lipinski definition) is 2. The molecule has 0 saturated carbocycles. The molecule has 5 rings (SSSR count). The zero-order valence-corrected chi connectivity index (χ0v) is 18.4. The molecule has 7 nitrogen and oxygen atoms in total. The molecule has 0 spiro atoms. The third kappa shape index (κ3) is 3.85. The third-order valence-electron chi connectivity index (χ3n) is 5.33. The maximum absolute atomic E-state index is 12.7. The van der Waals surface area contributed by atoms with Gasteiger partial charge in [-0.05, 0) is 43.2 Å². The van der Waals surface area contributed by atoms with Crippen molar-refractivity contribution >= 4 is 29.1 Å². The zero-order valence-electron chi connectivity index (χ0n) is 16.9. The average Bonchev–Trinajstić information content (AvgIpc) is 3.42. The second kappa shape index (κ2) is 8.68. The molecule has 2 aromatic carbocycles. The Kier molecular flexibility index (Phi) is 5.59. The van der Waals surface area contributed by atoms with Crippen molar-refractivity contribution in [2.75, 3.05) is 6.61 Å². The minimum Gasteiger partial charge on any atom is -0.489 e. The lowest BCUT2D eigenvalue weighted by Gasteiger charge is -2.14. The minimum absolute atomic E-state index is 0.249. The van der Waals surface area contributed by atoms with Crippen LogP contribution in [0.1, 0.15) is 35.1 Å². The maximum atomic E-state index is 12.7. The van der Waals surface area contributed by atoms with Crippen molar-refractivity contribution in [3.8, 4) is 22.7 Å². The minimum atomic E-state index is -0.335. The van der Waals surface area contributed by atoms with Crippen molar-refractivity contribution in [2.24, 2.45) is 0 Å². The van der Waals surface area contributed by atoms with E-state index in [-0.39, 0.29) is 11.9 Å². The quantitative estimate of drug-likeness (QED) is 0.431. The first-order valence-electron chi connectivity index (χ1n) is 10.2. The van der Waals surface area contributed by atoms with Crippen LogP contribution in [-0.4, -0.2) is 32.5 Å². The van der Waals surface area contributed by atoms with Gasteiger partial charge in [0.2, 0.25) is 0 Å². The fourth-order valence-corrected chi connectivity index (χ4v) is 4.15. The second-order valence-electron chi connectivity index (χ2n) is 7.42. The molecular weight excluding hydrogens is 449 g/mol. The fourth-order valence-electron chi connectivity index (χ4n) is 3.81. The molecule has 2 aromatic heterocycles. The predicted octanol–water partition coefficient (Wildman–Crippen LogP) is 5.21. The van der Waals surface area contributed by atoms with E-state index in [0.29, 0.717) is 40.2 Å². The van der Waals surface area contributed by atoms with Crippen molar-refractivity contribution in [3.05, 3.63) is 82.2 Å². The molecule has 1 amide bonds. The Balaban J connectivity index is 1.66. The lowest BCUT2D eigenvalue weighted by molar-refractivity contribution is 0.0928. The number of H-pyrrole nitrogens is 1. The Morgan fingerprint density at radius 1 is 1.12 bits per heavy atom. The number of fused-ring (bicyclic) bond motifs is 1. The van der Waals surface area contributed by atoms with Crippen LogP contribution in [0.15, 0.2) is 60.8 Å². The Labute approximate surface area is 194 Å². The molecule has 1 atom stereocenters. The van der Waals surface area contributed by atoms with Crippen LogP contribution in [0.3, 0.4) is 0 Å². The molecule has 3 heterocycles. The van der Waals surface area contributed by atoms with Gasteiger partial charge in [0.25, 0.3) is 5.91 Å². The van der Waals surface area contributed by atoms with Gasteiger partial charge >= 0.3 is 0 Å². The summed E-state index contributed by atoms with van der Waals surface area (Å²) < 4.78 is 7.95. The van der Waals surface area contributed by atoms with Gasteiger partial charge in [-0.3, -0.25) is 9.89 Å². The molecule has 0 aliphatic carbocycles. The highest BCUT2D eigenvalue weighted by Crippen LogP contribution is 2.42. The molecule has 32 heavy (non-hydrogen) atoms. The molecular formula is C23H19Cl2N5O2. The summed E-state index contributed by atoms with van der Waals surface area (Å²) in [7, 11) is 0. The number of ether oxygens (including phenoxy) is 1. The summed E-state index contributed by atoms with van der Waals surface area (Å²) in [6.45, 7) is 0.512. The lowest BCUT2D eigenvalue weighted by Crippen LogP contribution is -2.29. The first-order chi connectivity index (χ1) is 15.6. The number of benzene rings is 2. The number of rotatable bonds is 4. The van der Waals surface area contributed by atoms with Crippen molar-refractivity contribution in [1.82, 2.24) is 25.3 Å². The normalized spacial score (nSPS) is 15.5. The van der Waals surface area contributed by atoms with E-state index in [1.807, 2.05) is 48.5 Å². The summed E-state index contributed by atoms with van der Waals surface area (Å²) in [6, 6.07) is 16.2. The fraction of sp³-hybridized carbons (Fsp3) is 0.174. The van der Waals surface area contributed by atoms with Gasteiger partial charge < -0.3 is 10.1 Å². The van der Waals surface area contributed by atoms with Crippen LogP contribution in [-0.2, 0) is 0 Å². The molecule has 162 valence electrons. The highest BCUT2D eigenvalue weighted by molar-refractivity contribution is 6.32. The van der Waals surface area contributed by atoms with Crippen LogP contribution in [0.2, 0.25) is 10.0 Å². The molecule has 0 radical (unpaired) electrons. The van der Waals surface area contributed by atoms with Crippen LogP contribution >= 0.6 is 23.2 Å². The second-order valence-corrected chi connectivity index (χ2v) is 8.26. The number of hydrogen-bond acceptors (Lipinski definition) is 4. The van der Waals surface area contributed by atoms with Crippen LogP contribution < -0.4 is 10.1 Å². The summed E-state index contributed by atoms with van der Waals surface area (Å²) >= 11 is 12.6. The van der Waals surface area contributed by atoms with Gasteiger partial charge in [-0.15, -0.1) is 0 Å². The molecule has 1 aliphatic heterocycles. The van der Waals surface area contributed by atoms with Gasteiger partial charge in [0.05, 0.1) is 23.4 Å². The van der Waals surface area contributed by atoms with Crippen LogP contribution in [0.25, 0.3) is 16.9 Å². The standard InChI is InChI=1S/C23H19Cl2N5O2/c24-15-9-7-14(8-10-15)21-22-20(29-30(21)19-6-2-1-4-16(19)25)17(5-3-13-32-22)27-23(31)18-11-12-26-28-18/h1-2,4,6-12,17H,3,5,13H2,(H,26,28)(H,27,31). The van der Waals surface area contributed by atoms with Crippen LogP contribution in [0.4, 0.5) is 0 Å². The van der Waals surface area contributed by atoms with Crippen molar-refractivity contribution in [1.29, 1.82) is 0 Å². The van der Waals surface area contributed by atoms with Gasteiger partial charge in [-0.2, -0.15) is 10.2 Å². The number of aromatic nitrogens is 4. The van der Waals surface area contributed by atoms with Gasteiger partial charge in [0.15, 0.2) is 5.75 Å². The number of carbonyl (C=O) groups excluding carboxylic acids is 1. The Morgan fingerprint density at radius 2 is 1.94 bits per heavy atom. The molecule has 0 saturated heterocycles. The Morgan fingerprint density at radius 3 is 2.69 bits per heavy atom. The number of halogens is 2. The van der Waals surface area contributed by atoms with Crippen molar-refractivity contribution < 1.29 is 9.53 Å². The summed E-state index contributed by atoms with van der Waals surface area (Å²) in [5.74, 6) is 0.375. The summed E-state index contributed by atoms with van der Waals surface area (Å²) in [5, 5.41) is 15.7. The Hall–Kier alpha value is -3.29. The highest BCUT2D eigenvalue weighted by Gasteiger charge is 2.31. The number of para-hydroxylation sites is 1. The van der Waals surface area contributed by atoms with Gasteiger partial charge in [0.1, 0.15) is 17.1 Å². The topological polar surface area (TPSA) is 84.8 Å². The highest BCUT2D eigenvalue weighted by atomic mass is 35.5.